The van der Waals surface area contributed by atoms with Gasteiger partial charge in [0.2, 0.25) is 5.91 Å². The van der Waals surface area contributed by atoms with Crippen molar-refractivity contribution in [1.82, 2.24) is 4.90 Å². The van der Waals surface area contributed by atoms with Gasteiger partial charge in [-0.05, 0) is 30.2 Å². The quantitative estimate of drug-likeness (QED) is 0.607. The van der Waals surface area contributed by atoms with Gasteiger partial charge in [-0.25, -0.2) is 0 Å². The number of ether oxygens (including phenoxy) is 2. The number of nitro groups is 1. The topological polar surface area (TPSA) is 81.9 Å². The third-order valence-electron chi connectivity index (χ3n) is 4.50. The van der Waals surface area contributed by atoms with Crippen molar-refractivity contribution in [3.63, 3.8) is 0 Å². The molecule has 0 N–H and O–H groups in total. The van der Waals surface area contributed by atoms with Crippen LogP contribution in [0.5, 0.6) is 11.5 Å². The van der Waals surface area contributed by atoms with Crippen molar-refractivity contribution in [1.29, 1.82) is 0 Å². The van der Waals surface area contributed by atoms with E-state index in [4.69, 9.17) is 9.47 Å². The highest BCUT2D eigenvalue weighted by molar-refractivity contribution is 5.79. The lowest BCUT2D eigenvalue weighted by Gasteiger charge is -2.25. The average molecular weight is 356 g/mol. The van der Waals surface area contributed by atoms with Crippen molar-refractivity contribution in [3.8, 4) is 11.5 Å². The molecule has 1 atom stereocenters. The summed E-state index contributed by atoms with van der Waals surface area (Å²) in [5.74, 6) is 1.25. The molecule has 7 heteroatoms. The van der Waals surface area contributed by atoms with Gasteiger partial charge in [-0.3, -0.25) is 14.9 Å². The molecule has 0 aromatic heterocycles. The van der Waals surface area contributed by atoms with Gasteiger partial charge in [0.15, 0.2) is 11.5 Å². The van der Waals surface area contributed by atoms with Crippen LogP contribution in [0.1, 0.15) is 24.1 Å². The van der Waals surface area contributed by atoms with Crippen molar-refractivity contribution in [2.75, 3.05) is 20.3 Å². The minimum Gasteiger partial charge on any atom is -0.486 e. The van der Waals surface area contributed by atoms with E-state index < -0.39 is 4.92 Å². The van der Waals surface area contributed by atoms with Crippen LogP contribution in [0.3, 0.4) is 0 Å². The Balaban J connectivity index is 1.71. The van der Waals surface area contributed by atoms with Gasteiger partial charge >= 0.3 is 0 Å². The lowest BCUT2D eigenvalue weighted by molar-refractivity contribution is -0.384. The van der Waals surface area contributed by atoms with Crippen molar-refractivity contribution in [2.24, 2.45) is 0 Å². The number of likely N-dealkylation sites (N-methyl/N-ethyl adjacent to an activating group) is 1. The van der Waals surface area contributed by atoms with Gasteiger partial charge in [0.1, 0.15) is 13.2 Å². The van der Waals surface area contributed by atoms with Gasteiger partial charge in [0.05, 0.1) is 17.4 Å². The smallest absolute Gasteiger partial charge is 0.269 e. The van der Waals surface area contributed by atoms with E-state index in [1.807, 2.05) is 19.1 Å². The molecule has 0 fully saturated rings. The van der Waals surface area contributed by atoms with Crippen LogP contribution in [0.25, 0.3) is 0 Å². The zero-order chi connectivity index (χ0) is 18.7. The number of nitrogens with zero attached hydrogens (tertiary/aromatic N) is 2. The largest absolute Gasteiger partial charge is 0.486 e. The molecule has 2 aromatic carbocycles. The van der Waals surface area contributed by atoms with E-state index in [0.29, 0.717) is 24.7 Å². The Bertz CT molecular complexity index is 836. The predicted octanol–water partition coefficient (Wildman–Crippen LogP) is 3.13. The van der Waals surface area contributed by atoms with Crippen LogP contribution in [-0.2, 0) is 11.2 Å². The van der Waals surface area contributed by atoms with Gasteiger partial charge in [-0.1, -0.05) is 18.2 Å². The van der Waals surface area contributed by atoms with E-state index in [1.165, 1.54) is 12.1 Å². The Hall–Kier alpha value is -3.09. The molecule has 1 aliphatic heterocycles. The fraction of sp³-hybridized carbons (Fsp3) is 0.316. The van der Waals surface area contributed by atoms with Gasteiger partial charge in [-0.2, -0.15) is 0 Å². The number of fused-ring (bicyclic) bond motifs is 1. The third kappa shape index (κ3) is 3.77. The van der Waals surface area contributed by atoms with Crippen LogP contribution in [0.15, 0.2) is 42.5 Å². The van der Waals surface area contributed by atoms with Crippen LogP contribution >= 0.6 is 0 Å². The summed E-state index contributed by atoms with van der Waals surface area (Å²) in [6, 6.07) is 11.5. The number of amides is 1. The second-order valence-electron chi connectivity index (χ2n) is 6.19. The summed E-state index contributed by atoms with van der Waals surface area (Å²) < 4.78 is 11.0. The number of hydrogen-bond acceptors (Lipinski definition) is 5. The molecular formula is C19H20N2O5. The van der Waals surface area contributed by atoms with Crippen LogP contribution < -0.4 is 9.47 Å². The average Bonchev–Trinajstić information content (AvgIpc) is 2.66. The van der Waals surface area contributed by atoms with Gasteiger partial charge in [0, 0.05) is 19.2 Å². The third-order valence-corrected chi connectivity index (χ3v) is 4.50. The lowest BCUT2D eigenvalue weighted by atomic mass is 10.0. The Labute approximate surface area is 151 Å². The first-order valence-corrected chi connectivity index (χ1v) is 8.34. The Morgan fingerprint density at radius 2 is 1.92 bits per heavy atom. The number of hydrogen-bond donors (Lipinski definition) is 0. The van der Waals surface area contributed by atoms with Crippen molar-refractivity contribution in [3.05, 3.63) is 63.7 Å². The summed E-state index contributed by atoms with van der Waals surface area (Å²) in [6.07, 6.45) is 0.215. The minimum atomic E-state index is -0.437. The summed E-state index contributed by atoms with van der Waals surface area (Å²) in [5, 5.41) is 10.9. The van der Waals surface area contributed by atoms with Crippen LogP contribution in [0.4, 0.5) is 5.69 Å². The molecule has 0 radical (unpaired) electrons. The van der Waals surface area contributed by atoms with Gasteiger partial charge < -0.3 is 14.4 Å². The standard InChI is InChI=1S/C19H20N2O5/c1-13(15-4-3-5-16(12-15)21(23)24)20(2)19(22)11-14-6-7-17-18(10-14)26-9-8-25-17/h3-7,10,12-13H,8-9,11H2,1-2H3/t13-/m1/s1. The van der Waals surface area contributed by atoms with E-state index in [1.54, 1.807) is 30.1 Å². The molecule has 0 aliphatic carbocycles. The maximum absolute atomic E-state index is 12.6. The number of rotatable bonds is 5. The Morgan fingerprint density at radius 1 is 1.19 bits per heavy atom. The van der Waals surface area contributed by atoms with Gasteiger partial charge in [0.25, 0.3) is 5.69 Å². The number of nitro benzene ring substituents is 1. The van der Waals surface area contributed by atoms with Crippen molar-refractivity contribution < 1.29 is 19.2 Å². The molecule has 2 aromatic rings. The monoisotopic (exact) mass is 356 g/mol. The van der Waals surface area contributed by atoms with Crippen molar-refractivity contribution in [2.45, 2.75) is 19.4 Å². The molecule has 0 bridgehead atoms. The van der Waals surface area contributed by atoms with E-state index in [9.17, 15) is 14.9 Å². The number of carbonyl (C=O) groups excluding carboxylic acids is 1. The number of non-ortho nitro benzene ring substituents is 1. The Morgan fingerprint density at radius 3 is 2.65 bits per heavy atom. The summed E-state index contributed by atoms with van der Waals surface area (Å²) in [7, 11) is 1.70. The fourth-order valence-corrected chi connectivity index (χ4v) is 2.83. The zero-order valence-corrected chi connectivity index (χ0v) is 14.7. The van der Waals surface area contributed by atoms with E-state index in [2.05, 4.69) is 0 Å². The molecule has 1 heterocycles. The normalized spacial score (nSPS) is 13.8. The molecule has 0 saturated heterocycles. The first kappa shape index (κ1) is 17.7. The second kappa shape index (κ2) is 7.43. The van der Waals surface area contributed by atoms with E-state index in [0.717, 1.165) is 11.1 Å². The SMILES string of the molecule is C[C@H](c1cccc([N+](=O)[O-])c1)N(C)C(=O)Cc1ccc2c(c1)OCCO2. The van der Waals surface area contributed by atoms with Crippen LogP contribution in [0, 0.1) is 10.1 Å². The second-order valence-corrected chi connectivity index (χ2v) is 6.19. The molecule has 7 nitrogen and oxygen atoms in total. The van der Waals surface area contributed by atoms with E-state index >= 15 is 0 Å². The van der Waals surface area contributed by atoms with Crippen LogP contribution in [-0.4, -0.2) is 36.0 Å². The highest BCUT2D eigenvalue weighted by Gasteiger charge is 2.20. The zero-order valence-electron chi connectivity index (χ0n) is 14.7. The minimum absolute atomic E-state index is 0.0158. The van der Waals surface area contributed by atoms with E-state index in [-0.39, 0.29) is 24.1 Å². The first-order valence-electron chi connectivity index (χ1n) is 8.34. The molecule has 3 rings (SSSR count). The van der Waals surface area contributed by atoms with Crippen molar-refractivity contribution >= 4 is 11.6 Å². The summed E-state index contributed by atoms with van der Waals surface area (Å²) >= 11 is 0. The summed E-state index contributed by atoms with van der Waals surface area (Å²) in [6.45, 7) is 2.86. The molecule has 0 spiro atoms. The predicted molar refractivity (Wildman–Crippen MR) is 95.4 cm³/mol. The fourth-order valence-electron chi connectivity index (χ4n) is 2.83. The molecule has 0 saturated carbocycles. The number of benzene rings is 2. The summed E-state index contributed by atoms with van der Waals surface area (Å²) in [4.78, 5) is 24.7. The molecule has 1 amide bonds. The lowest BCUT2D eigenvalue weighted by Crippen LogP contribution is -2.31. The molecule has 1 aliphatic rings. The molecule has 26 heavy (non-hydrogen) atoms. The maximum Gasteiger partial charge on any atom is 0.269 e. The number of carbonyl (C=O) groups is 1. The molecule has 0 unspecified atom stereocenters. The van der Waals surface area contributed by atoms with Gasteiger partial charge in [-0.15, -0.1) is 0 Å². The molecule has 136 valence electrons. The first-order chi connectivity index (χ1) is 12.5. The maximum atomic E-state index is 12.6. The summed E-state index contributed by atoms with van der Waals surface area (Å²) in [5.41, 5.74) is 1.57. The highest BCUT2D eigenvalue weighted by Crippen LogP contribution is 2.31. The highest BCUT2D eigenvalue weighted by atomic mass is 16.6. The molecular weight excluding hydrogens is 336 g/mol. The Kier molecular flexibility index (Phi) is 5.06. The van der Waals surface area contributed by atoms with Crippen LogP contribution in [0.2, 0.25) is 0 Å².